The van der Waals surface area contributed by atoms with Crippen molar-refractivity contribution in [1.82, 2.24) is 14.9 Å². The molecule has 0 saturated heterocycles. The zero-order chi connectivity index (χ0) is 14.8. The predicted octanol–water partition coefficient (Wildman–Crippen LogP) is 2.62. The summed E-state index contributed by atoms with van der Waals surface area (Å²) in [5.74, 6) is 1.21. The molecule has 1 amide bonds. The van der Waals surface area contributed by atoms with Gasteiger partial charge >= 0.3 is 0 Å². The number of aromatic amines is 1. The first-order chi connectivity index (χ1) is 10.2. The van der Waals surface area contributed by atoms with Crippen LogP contribution in [-0.4, -0.2) is 28.6 Å². The molecule has 1 aliphatic carbocycles. The van der Waals surface area contributed by atoms with E-state index in [9.17, 15) is 4.79 Å². The summed E-state index contributed by atoms with van der Waals surface area (Å²) in [5.41, 5.74) is 1.92. The van der Waals surface area contributed by atoms with Crippen LogP contribution in [0.1, 0.15) is 19.8 Å². The number of hydrogen-bond donors (Lipinski definition) is 2. The van der Waals surface area contributed by atoms with Crippen LogP contribution in [0.4, 0.5) is 0 Å². The van der Waals surface area contributed by atoms with Gasteiger partial charge in [-0.15, -0.1) is 0 Å². The van der Waals surface area contributed by atoms with E-state index in [0.717, 1.165) is 29.6 Å². The van der Waals surface area contributed by atoms with Gasteiger partial charge in [-0.25, -0.2) is 0 Å². The fourth-order valence-electron chi connectivity index (χ4n) is 2.43. The van der Waals surface area contributed by atoms with Gasteiger partial charge in [0.25, 0.3) is 0 Å². The Morgan fingerprint density at radius 1 is 1.52 bits per heavy atom. The number of fused-ring (bicyclic) bond motifs is 1. The maximum absolute atomic E-state index is 11.6. The van der Waals surface area contributed by atoms with Crippen molar-refractivity contribution >= 4 is 29.2 Å². The molecule has 112 valence electrons. The fraction of sp³-hybridized carbons (Fsp3) is 0.467. The number of para-hydroxylation sites is 1. The van der Waals surface area contributed by atoms with Crippen LogP contribution in [0.2, 0.25) is 0 Å². The lowest BCUT2D eigenvalue weighted by molar-refractivity contribution is -0.122. The van der Waals surface area contributed by atoms with E-state index >= 15 is 0 Å². The number of imidazole rings is 1. The molecule has 0 atom stereocenters. The van der Waals surface area contributed by atoms with Crippen LogP contribution < -0.4 is 10.1 Å². The van der Waals surface area contributed by atoms with Crippen molar-refractivity contribution in [3.05, 3.63) is 23.0 Å². The summed E-state index contributed by atoms with van der Waals surface area (Å²) < 4.78 is 8.26. The van der Waals surface area contributed by atoms with E-state index in [2.05, 4.69) is 10.3 Å². The minimum atomic E-state index is 0.163. The zero-order valence-corrected chi connectivity index (χ0v) is 12.8. The molecule has 0 aliphatic heterocycles. The Morgan fingerprint density at radius 2 is 2.33 bits per heavy atom. The van der Waals surface area contributed by atoms with Crippen LogP contribution in [0.25, 0.3) is 11.0 Å². The number of carbonyl (C=O) groups is 1. The van der Waals surface area contributed by atoms with E-state index in [1.165, 1.54) is 0 Å². The van der Waals surface area contributed by atoms with Crippen LogP contribution in [0.3, 0.4) is 0 Å². The predicted molar refractivity (Wildman–Crippen MR) is 84.0 cm³/mol. The molecular weight excluding hydrogens is 286 g/mol. The van der Waals surface area contributed by atoms with Crippen LogP contribution in [-0.2, 0) is 11.3 Å². The summed E-state index contributed by atoms with van der Waals surface area (Å²) in [5, 5.41) is 2.96. The number of rotatable bonds is 6. The fourth-order valence-corrected chi connectivity index (χ4v) is 2.72. The highest BCUT2D eigenvalue weighted by molar-refractivity contribution is 7.71. The maximum Gasteiger partial charge on any atom is 0.223 e. The minimum absolute atomic E-state index is 0.163. The average molecular weight is 305 g/mol. The van der Waals surface area contributed by atoms with Gasteiger partial charge in [0.1, 0.15) is 11.3 Å². The van der Waals surface area contributed by atoms with Gasteiger partial charge in [0.05, 0.1) is 12.1 Å². The molecule has 21 heavy (non-hydrogen) atoms. The quantitative estimate of drug-likeness (QED) is 0.807. The topological polar surface area (TPSA) is 59.0 Å². The molecule has 6 heteroatoms. The number of nitrogens with one attached hydrogen (secondary N) is 2. The van der Waals surface area contributed by atoms with Gasteiger partial charge in [0.2, 0.25) is 5.91 Å². The molecule has 1 saturated carbocycles. The highest BCUT2D eigenvalue weighted by Crippen LogP contribution is 2.28. The first-order valence-electron chi connectivity index (χ1n) is 7.32. The Morgan fingerprint density at radius 3 is 3.05 bits per heavy atom. The Kier molecular flexibility index (Phi) is 3.96. The van der Waals surface area contributed by atoms with Crippen molar-refractivity contribution in [3.63, 3.8) is 0 Å². The lowest BCUT2D eigenvalue weighted by Gasteiger charge is -2.07. The normalized spacial score (nSPS) is 14.3. The van der Waals surface area contributed by atoms with E-state index in [1.54, 1.807) is 0 Å². The SMILES string of the molecule is CCOc1cccc2c1[nH]c(=S)n2CCNC(=O)C1CC1. The Labute approximate surface area is 128 Å². The number of aromatic nitrogens is 2. The first-order valence-corrected chi connectivity index (χ1v) is 7.73. The molecule has 0 unspecified atom stereocenters. The lowest BCUT2D eigenvalue weighted by atomic mass is 10.3. The average Bonchev–Trinajstić information content (AvgIpc) is 3.26. The van der Waals surface area contributed by atoms with Gasteiger partial charge in [-0.2, -0.15) is 0 Å². The van der Waals surface area contributed by atoms with Crippen molar-refractivity contribution < 1.29 is 9.53 Å². The molecule has 3 rings (SSSR count). The van der Waals surface area contributed by atoms with Gasteiger partial charge in [-0.1, -0.05) is 6.07 Å². The molecule has 0 spiro atoms. The molecule has 1 aromatic carbocycles. The molecule has 5 nitrogen and oxygen atoms in total. The third-order valence-corrected chi connectivity index (χ3v) is 3.98. The third kappa shape index (κ3) is 2.95. The van der Waals surface area contributed by atoms with E-state index < -0.39 is 0 Å². The van der Waals surface area contributed by atoms with Gasteiger partial charge in [-0.3, -0.25) is 4.79 Å². The molecule has 0 radical (unpaired) electrons. The molecule has 1 aliphatic rings. The minimum Gasteiger partial charge on any atom is -0.492 e. The zero-order valence-electron chi connectivity index (χ0n) is 12.0. The summed E-state index contributed by atoms with van der Waals surface area (Å²) in [6, 6.07) is 5.89. The van der Waals surface area contributed by atoms with E-state index in [0.29, 0.717) is 24.5 Å². The highest BCUT2D eigenvalue weighted by Gasteiger charge is 2.29. The number of ether oxygens (including phenoxy) is 1. The number of amides is 1. The third-order valence-electron chi connectivity index (χ3n) is 3.65. The van der Waals surface area contributed by atoms with Gasteiger partial charge < -0.3 is 19.6 Å². The summed E-state index contributed by atoms with van der Waals surface area (Å²) >= 11 is 5.38. The number of benzene rings is 1. The second-order valence-corrected chi connectivity index (χ2v) is 5.62. The van der Waals surface area contributed by atoms with E-state index in [1.807, 2.05) is 29.7 Å². The van der Waals surface area contributed by atoms with E-state index in [4.69, 9.17) is 17.0 Å². The Hall–Kier alpha value is -1.82. The van der Waals surface area contributed by atoms with E-state index in [-0.39, 0.29) is 11.8 Å². The van der Waals surface area contributed by atoms with Crippen LogP contribution in [0.15, 0.2) is 18.2 Å². The number of nitrogens with zero attached hydrogens (tertiary/aromatic N) is 1. The maximum atomic E-state index is 11.6. The molecule has 0 bridgehead atoms. The summed E-state index contributed by atoms with van der Waals surface area (Å²) in [6.45, 7) is 3.82. The van der Waals surface area contributed by atoms with Gasteiger partial charge in [0, 0.05) is 19.0 Å². The van der Waals surface area contributed by atoms with Crippen molar-refractivity contribution in [2.75, 3.05) is 13.2 Å². The van der Waals surface area contributed by atoms with Crippen molar-refractivity contribution in [2.24, 2.45) is 5.92 Å². The molecular formula is C15H19N3O2S. The number of hydrogen-bond acceptors (Lipinski definition) is 3. The Balaban J connectivity index is 1.78. The Bertz CT molecular complexity index is 715. The van der Waals surface area contributed by atoms with Crippen molar-refractivity contribution in [3.8, 4) is 5.75 Å². The molecule has 2 N–H and O–H groups in total. The van der Waals surface area contributed by atoms with Gasteiger partial charge in [0.15, 0.2) is 4.77 Å². The van der Waals surface area contributed by atoms with Crippen LogP contribution >= 0.6 is 12.2 Å². The monoisotopic (exact) mass is 305 g/mol. The number of H-pyrrole nitrogens is 1. The molecule has 1 heterocycles. The standard InChI is InChI=1S/C15H19N3O2S/c1-2-20-12-5-3-4-11-13(12)17-15(21)18(11)9-8-16-14(19)10-6-7-10/h3-5,10H,2,6-9H2,1H3,(H,16,19)(H,17,21). The molecule has 1 fully saturated rings. The van der Waals surface area contributed by atoms with Crippen molar-refractivity contribution in [1.29, 1.82) is 0 Å². The van der Waals surface area contributed by atoms with Crippen LogP contribution in [0.5, 0.6) is 5.75 Å². The van der Waals surface area contributed by atoms with Crippen LogP contribution in [0, 0.1) is 10.7 Å². The lowest BCUT2D eigenvalue weighted by Crippen LogP contribution is -2.28. The van der Waals surface area contributed by atoms with Gasteiger partial charge in [-0.05, 0) is 44.1 Å². The summed E-state index contributed by atoms with van der Waals surface area (Å²) in [7, 11) is 0. The highest BCUT2D eigenvalue weighted by atomic mass is 32.1. The first kappa shape index (κ1) is 14.1. The molecule has 2 aromatic rings. The summed E-state index contributed by atoms with van der Waals surface area (Å²) in [6.07, 6.45) is 2.05. The van der Waals surface area contributed by atoms with Crippen molar-refractivity contribution in [2.45, 2.75) is 26.3 Å². The smallest absolute Gasteiger partial charge is 0.223 e. The summed E-state index contributed by atoms with van der Waals surface area (Å²) in [4.78, 5) is 14.8. The second kappa shape index (κ2) is 5.89. The second-order valence-electron chi connectivity index (χ2n) is 5.23. The largest absolute Gasteiger partial charge is 0.492 e. The number of carbonyl (C=O) groups excluding carboxylic acids is 1. The molecule has 1 aromatic heterocycles.